The molecule has 1 amide bonds. The quantitative estimate of drug-likeness (QED) is 0.819. The molecule has 0 heterocycles. The van der Waals surface area contributed by atoms with Crippen molar-refractivity contribution in [3.8, 4) is 0 Å². The number of carbonyl (C=O) groups is 2. The van der Waals surface area contributed by atoms with E-state index in [2.05, 4.69) is 5.32 Å². The van der Waals surface area contributed by atoms with Gasteiger partial charge < -0.3 is 10.4 Å². The maximum atomic E-state index is 12.0. The minimum absolute atomic E-state index is 0.0643. The number of benzene rings is 1. The highest BCUT2D eigenvalue weighted by molar-refractivity contribution is 6.01. The first kappa shape index (κ1) is 15.0. The predicted octanol–water partition coefficient (Wildman–Crippen LogP) is 2.59. The van der Waals surface area contributed by atoms with Crippen LogP contribution in [0, 0.1) is 6.92 Å². The van der Waals surface area contributed by atoms with Crippen LogP contribution in [0.1, 0.15) is 37.9 Å². The Balaban J connectivity index is 2.87. The van der Waals surface area contributed by atoms with E-state index in [1.54, 1.807) is 0 Å². The number of carboxylic acid groups (broad SMARTS) is 1. The molecule has 0 bridgehead atoms. The third kappa shape index (κ3) is 3.68. The second kappa shape index (κ2) is 6.18. The highest BCUT2D eigenvalue weighted by Crippen LogP contribution is 2.17. The molecule has 1 rings (SSSR count). The van der Waals surface area contributed by atoms with E-state index in [-0.39, 0.29) is 23.1 Å². The smallest absolute Gasteiger partial charge is 0.331 e. The van der Waals surface area contributed by atoms with Crippen LogP contribution in [0.3, 0.4) is 0 Å². The lowest BCUT2D eigenvalue weighted by Crippen LogP contribution is -2.28. The number of carboxylic acids is 1. The van der Waals surface area contributed by atoms with E-state index >= 15 is 0 Å². The van der Waals surface area contributed by atoms with Crippen LogP contribution in [0.2, 0.25) is 0 Å². The Morgan fingerprint density at radius 1 is 1.16 bits per heavy atom. The van der Waals surface area contributed by atoms with Crippen LogP contribution < -0.4 is 5.32 Å². The molecule has 0 aliphatic heterocycles. The first-order valence-electron chi connectivity index (χ1n) is 6.11. The van der Waals surface area contributed by atoms with Crippen molar-refractivity contribution in [2.75, 3.05) is 0 Å². The standard InChI is InChI=1S/C15H19NO3/c1-9-7-5-6-8-13(9)12(4)16-14(17)10(2)11(3)15(18)19/h5-8,12H,1-4H3,(H,16,17)(H,18,19)/b11-10-/t12-/m0/s1. The number of hydrogen-bond acceptors (Lipinski definition) is 2. The molecule has 102 valence electrons. The fourth-order valence-corrected chi connectivity index (χ4v) is 1.79. The summed E-state index contributed by atoms with van der Waals surface area (Å²) in [6, 6.07) is 7.61. The molecule has 0 aromatic heterocycles. The number of nitrogens with one attached hydrogen (secondary N) is 1. The van der Waals surface area contributed by atoms with Gasteiger partial charge in [-0.2, -0.15) is 0 Å². The largest absolute Gasteiger partial charge is 0.478 e. The maximum absolute atomic E-state index is 12.0. The molecule has 1 atom stereocenters. The molecule has 0 saturated carbocycles. The van der Waals surface area contributed by atoms with E-state index in [1.165, 1.54) is 13.8 Å². The van der Waals surface area contributed by atoms with Gasteiger partial charge in [0.15, 0.2) is 0 Å². The van der Waals surface area contributed by atoms with Gasteiger partial charge in [0.1, 0.15) is 0 Å². The first-order valence-corrected chi connectivity index (χ1v) is 6.11. The summed E-state index contributed by atoms with van der Waals surface area (Å²) in [6.07, 6.45) is 0. The molecule has 19 heavy (non-hydrogen) atoms. The van der Waals surface area contributed by atoms with Crippen LogP contribution in [0.25, 0.3) is 0 Å². The van der Waals surface area contributed by atoms with Gasteiger partial charge in [-0.3, -0.25) is 4.79 Å². The van der Waals surface area contributed by atoms with Gasteiger partial charge in [0, 0.05) is 11.1 Å². The fraction of sp³-hybridized carbons (Fsp3) is 0.333. The number of amides is 1. The zero-order valence-electron chi connectivity index (χ0n) is 11.7. The van der Waals surface area contributed by atoms with Crippen LogP contribution in [0.5, 0.6) is 0 Å². The lowest BCUT2D eigenvalue weighted by Gasteiger charge is -2.17. The van der Waals surface area contributed by atoms with E-state index in [9.17, 15) is 9.59 Å². The second-order valence-electron chi connectivity index (χ2n) is 4.61. The number of aryl methyl sites for hydroxylation is 1. The summed E-state index contributed by atoms with van der Waals surface area (Å²) in [5.41, 5.74) is 2.41. The molecule has 0 fully saturated rings. The molecule has 4 nitrogen and oxygen atoms in total. The van der Waals surface area contributed by atoms with Crippen molar-refractivity contribution in [3.05, 3.63) is 46.5 Å². The lowest BCUT2D eigenvalue weighted by molar-refractivity contribution is -0.133. The molecular formula is C15H19NO3. The Bertz CT molecular complexity index is 532. The first-order chi connectivity index (χ1) is 8.84. The van der Waals surface area contributed by atoms with Crippen molar-refractivity contribution >= 4 is 11.9 Å². The van der Waals surface area contributed by atoms with E-state index in [0.29, 0.717) is 0 Å². The van der Waals surface area contributed by atoms with Gasteiger partial charge in [-0.1, -0.05) is 24.3 Å². The average Bonchev–Trinajstić information content (AvgIpc) is 2.37. The van der Waals surface area contributed by atoms with E-state index < -0.39 is 5.97 Å². The Labute approximate surface area is 113 Å². The van der Waals surface area contributed by atoms with E-state index in [4.69, 9.17) is 5.11 Å². The molecular weight excluding hydrogens is 242 g/mol. The number of carbonyl (C=O) groups excluding carboxylic acids is 1. The molecule has 0 aliphatic rings. The summed E-state index contributed by atoms with van der Waals surface area (Å²) in [4.78, 5) is 22.8. The Morgan fingerprint density at radius 2 is 1.74 bits per heavy atom. The molecule has 0 aliphatic carbocycles. The fourth-order valence-electron chi connectivity index (χ4n) is 1.79. The summed E-state index contributed by atoms with van der Waals surface area (Å²) < 4.78 is 0. The van der Waals surface area contributed by atoms with Gasteiger partial charge in [0.25, 0.3) is 0 Å². The zero-order valence-corrected chi connectivity index (χ0v) is 11.7. The van der Waals surface area contributed by atoms with Gasteiger partial charge >= 0.3 is 5.97 Å². The van der Waals surface area contributed by atoms with Crippen LogP contribution in [-0.4, -0.2) is 17.0 Å². The number of aliphatic carboxylic acids is 1. The SMILES string of the molecule is C/C(C(=O)O)=C(\C)C(=O)N[C@@H](C)c1ccccc1C. The van der Waals surface area contributed by atoms with Crippen LogP contribution >= 0.6 is 0 Å². The molecule has 0 unspecified atom stereocenters. The number of hydrogen-bond donors (Lipinski definition) is 2. The zero-order chi connectivity index (χ0) is 14.6. The van der Waals surface area contributed by atoms with Crippen molar-refractivity contribution in [1.82, 2.24) is 5.32 Å². The summed E-state index contributed by atoms with van der Waals surface area (Å²) in [7, 11) is 0. The molecule has 1 aromatic carbocycles. The van der Waals surface area contributed by atoms with Crippen LogP contribution in [-0.2, 0) is 9.59 Å². The van der Waals surface area contributed by atoms with Gasteiger partial charge in [0.05, 0.1) is 6.04 Å². The second-order valence-corrected chi connectivity index (χ2v) is 4.61. The highest BCUT2D eigenvalue weighted by Gasteiger charge is 2.16. The van der Waals surface area contributed by atoms with Gasteiger partial charge in [-0.05, 0) is 38.8 Å². The monoisotopic (exact) mass is 261 g/mol. The molecule has 2 N–H and O–H groups in total. The van der Waals surface area contributed by atoms with Crippen molar-refractivity contribution in [2.45, 2.75) is 33.7 Å². The maximum Gasteiger partial charge on any atom is 0.331 e. The highest BCUT2D eigenvalue weighted by atomic mass is 16.4. The summed E-state index contributed by atoms with van der Waals surface area (Å²) >= 11 is 0. The molecule has 0 spiro atoms. The van der Waals surface area contributed by atoms with E-state index in [1.807, 2.05) is 38.1 Å². The van der Waals surface area contributed by atoms with Crippen LogP contribution in [0.15, 0.2) is 35.4 Å². The minimum atomic E-state index is -1.07. The predicted molar refractivity (Wildman–Crippen MR) is 73.7 cm³/mol. The topological polar surface area (TPSA) is 66.4 Å². The molecule has 4 heteroatoms. The summed E-state index contributed by atoms with van der Waals surface area (Å²) in [5, 5.41) is 11.7. The van der Waals surface area contributed by atoms with Gasteiger partial charge in [0.2, 0.25) is 5.91 Å². The van der Waals surface area contributed by atoms with Gasteiger partial charge in [-0.15, -0.1) is 0 Å². The average molecular weight is 261 g/mol. The molecule has 0 radical (unpaired) electrons. The van der Waals surface area contributed by atoms with Crippen LogP contribution in [0.4, 0.5) is 0 Å². The van der Waals surface area contributed by atoms with Crippen molar-refractivity contribution in [1.29, 1.82) is 0 Å². The van der Waals surface area contributed by atoms with E-state index in [0.717, 1.165) is 11.1 Å². The third-order valence-corrected chi connectivity index (χ3v) is 3.23. The third-order valence-electron chi connectivity index (χ3n) is 3.23. The lowest BCUT2D eigenvalue weighted by atomic mass is 10.0. The minimum Gasteiger partial charge on any atom is -0.478 e. The van der Waals surface area contributed by atoms with Crippen molar-refractivity contribution in [2.24, 2.45) is 0 Å². The Hall–Kier alpha value is -2.10. The van der Waals surface area contributed by atoms with Gasteiger partial charge in [-0.25, -0.2) is 4.79 Å². The normalized spacial score (nSPS) is 13.5. The molecule has 1 aromatic rings. The van der Waals surface area contributed by atoms with Crippen molar-refractivity contribution in [3.63, 3.8) is 0 Å². The Kier molecular flexibility index (Phi) is 4.87. The van der Waals surface area contributed by atoms with Crippen molar-refractivity contribution < 1.29 is 14.7 Å². The number of rotatable bonds is 4. The summed E-state index contributed by atoms with van der Waals surface area (Å²) in [6.45, 7) is 6.80. The Morgan fingerprint density at radius 3 is 2.26 bits per heavy atom. The molecule has 0 saturated heterocycles. The summed E-state index contributed by atoms with van der Waals surface area (Å²) in [5.74, 6) is -1.42.